The van der Waals surface area contributed by atoms with Crippen LogP contribution in [-0.2, 0) is 0 Å². The fourth-order valence-electron chi connectivity index (χ4n) is 2.86. The molecule has 0 bridgehead atoms. The number of fused-ring (bicyclic) bond motifs is 3. The van der Waals surface area contributed by atoms with Crippen molar-refractivity contribution in [2.45, 2.75) is 13.8 Å². The summed E-state index contributed by atoms with van der Waals surface area (Å²) < 4.78 is 7.65. The Morgan fingerprint density at radius 3 is 2.58 bits per heavy atom. The molecule has 24 heavy (non-hydrogen) atoms. The largest absolute Gasteiger partial charge is 0.496 e. The number of methoxy groups -OCH3 is 1. The molecular formula is C18H15N3O2S. The van der Waals surface area contributed by atoms with E-state index < -0.39 is 0 Å². The lowest BCUT2D eigenvalue weighted by Gasteiger charge is -2.10. The predicted molar refractivity (Wildman–Crippen MR) is 96.5 cm³/mol. The summed E-state index contributed by atoms with van der Waals surface area (Å²) in [6, 6.07) is 9.63. The van der Waals surface area contributed by atoms with Gasteiger partial charge in [-0.1, -0.05) is 17.7 Å². The normalized spacial score (nSPS) is 11.3. The molecule has 4 rings (SSSR count). The molecule has 120 valence electrons. The molecule has 0 N–H and O–H groups in total. The lowest BCUT2D eigenvalue weighted by atomic mass is 10.2. The maximum Gasteiger partial charge on any atom is 0.276 e. The first-order valence-electron chi connectivity index (χ1n) is 7.52. The van der Waals surface area contributed by atoms with Crippen LogP contribution in [0.1, 0.15) is 11.4 Å². The van der Waals surface area contributed by atoms with Crippen molar-refractivity contribution < 1.29 is 4.74 Å². The average molecular weight is 337 g/mol. The van der Waals surface area contributed by atoms with Crippen LogP contribution >= 0.6 is 11.3 Å². The quantitative estimate of drug-likeness (QED) is 0.560. The standard InChI is InChI=1S/C18H15N3O2S/c1-10-4-6-12(7-5-10)21-11(2)20-15-14-13(23-3)8-9-19-17(14)24-16(15)18(21)22/h4-9H,1-3H3. The molecule has 3 heterocycles. The summed E-state index contributed by atoms with van der Waals surface area (Å²) in [5.74, 6) is 1.33. The molecule has 0 aliphatic rings. The van der Waals surface area contributed by atoms with Gasteiger partial charge in [-0.2, -0.15) is 0 Å². The molecule has 0 saturated heterocycles. The number of hydrogen-bond donors (Lipinski definition) is 0. The van der Waals surface area contributed by atoms with Crippen molar-refractivity contribution in [2.24, 2.45) is 0 Å². The summed E-state index contributed by atoms with van der Waals surface area (Å²) in [5, 5.41) is 0.802. The van der Waals surface area contributed by atoms with E-state index in [0.29, 0.717) is 21.8 Å². The van der Waals surface area contributed by atoms with Gasteiger partial charge in [-0.3, -0.25) is 9.36 Å². The summed E-state index contributed by atoms with van der Waals surface area (Å²) in [4.78, 5) is 22.9. The van der Waals surface area contributed by atoms with Crippen LogP contribution in [0.2, 0.25) is 0 Å². The van der Waals surface area contributed by atoms with E-state index in [-0.39, 0.29) is 5.56 Å². The van der Waals surface area contributed by atoms with Crippen LogP contribution in [0.3, 0.4) is 0 Å². The van der Waals surface area contributed by atoms with E-state index in [1.165, 1.54) is 11.3 Å². The number of nitrogens with zero attached hydrogens (tertiary/aromatic N) is 3. The number of rotatable bonds is 2. The van der Waals surface area contributed by atoms with Crippen molar-refractivity contribution >= 4 is 31.8 Å². The first kappa shape index (κ1) is 14.8. The van der Waals surface area contributed by atoms with Crippen LogP contribution in [0.5, 0.6) is 5.75 Å². The van der Waals surface area contributed by atoms with Gasteiger partial charge in [-0.25, -0.2) is 9.97 Å². The number of aromatic nitrogens is 3. The van der Waals surface area contributed by atoms with Gasteiger partial charge < -0.3 is 4.74 Å². The van der Waals surface area contributed by atoms with Crippen molar-refractivity contribution in [2.75, 3.05) is 7.11 Å². The smallest absolute Gasteiger partial charge is 0.276 e. The maximum absolute atomic E-state index is 13.1. The van der Waals surface area contributed by atoms with Gasteiger partial charge in [0.05, 0.1) is 18.2 Å². The Kier molecular flexibility index (Phi) is 3.35. The Hall–Kier alpha value is -2.73. The molecule has 0 atom stereocenters. The number of thiophene rings is 1. The van der Waals surface area contributed by atoms with Gasteiger partial charge in [0.1, 0.15) is 26.6 Å². The zero-order valence-electron chi connectivity index (χ0n) is 13.5. The highest BCUT2D eigenvalue weighted by molar-refractivity contribution is 7.25. The van der Waals surface area contributed by atoms with E-state index in [2.05, 4.69) is 9.97 Å². The second kappa shape index (κ2) is 5.42. The third-order valence-electron chi connectivity index (χ3n) is 4.04. The Labute approximate surface area is 142 Å². The Balaban J connectivity index is 2.10. The monoisotopic (exact) mass is 337 g/mol. The summed E-state index contributed by atoms with van der Waals surface area (Å²) in [6.45, 7) is 3.86. The van der Waals surface area contributed by atoms with Crippen LogP contribution in [-0.4, -0.2) is 21.6 Å². The molecule has 0 saturated carbocycles. The van der Waals surface area contributed by atoms with Crippen LogP contribution in [0.15, 0.2) is 41.3 Å². The highest BCUT2D eigenvalue weighted by Crippen LogP contribution is 2.35. The molecule has 5 nitrogen and oxygen atoms in total. The van der Waals surface area contributed by atoms with Crippen LogP contribution < -0.4 is 10.3 Å². The number of pyridine rings is 1. The summed E-state index contributed by atoms with van der Waals surface area (Å²) in [7, 11) is 1.61. The van der Waals surface area contributed by atoms with Gasteiger partial charge in [0.25, 0.3) is 5.56 Å². The molecule has 0 aliphatic carbocycles. The molecule has 0 radical (unpaired) electrons. The lowest BCUT2D eigenvalue weighted by molar-refractivity contribution is 0.420. The first-order valence-corrected chi connectivity index (χ1v) is 8.33. The Bertz CT molecular complexity index is 1130. The molecule has 4 aromatic rings. The molecule has 0 aliphatic heterocycles. The minimum Gasteiger partial charge on any atom is -0.496 e. The predicted octanol–water partition coefficient (Wildman–Crippen LogP) is 3.62. The molecule has 6 heteroatoms. The molecule has 0 unspecified atom stereocenters. The van der Waals surface area contributed by atoms with Crippen molar-refractivity contribution in [1.82, 2.24) is 14.5 Å². The van der Waals surface area contributed by atoms with Gasteiger partial charge >= 0.3 is 0 Å². The van der Waals surface area contributed by atoms with E-state index in [0.717, 1.165) is 21.5 Å². The second-order valence-corrected chi connectivity index (χ2v) is 6.61. The van der Waals surface area contributed by atoms with Crippen LogP contribution in [0, 0.1) is 13.8 Å². The van der Waals surface area contributed by atoms with E-state index >= 15 is 0 Å². The van der Waals surface area contributed by atoms with Gasteiger partial charge in [0, 0.05) is 6.20 Å². The van der Waals surface area contributed by atoms with Gasteiger partial charge in [0.2, 0.25) is 0 Å². The summed E-state index contributed by atoms with van der Waals surface area (Å²) in [6.07, 6.45) is 1.68. The average Bonchev–Trinajstić information content (AvgIpc) is 2.95. The van der Waals surface area contributed by atoms with Crippen molar-refractivity contribution in [1.29, 1.82) is 0 Å². The number of ether oxygens (including phenoxy) is 1. The van der Waals surface area contributed by atoms with E-state index in [1.54, 1.807) is 23.9 Å². The highest BCUT2D eigenvalue weighted by Gasteiger charge is 2.18. The van der Waals surface area contributed by atoms with Crippen molar-refractivity contribution in [3.63, 3.8) is 0 Å². The van der Waals surface area contributed by atoms with Gasteiger partial charge in [-0.05, 0) is 32.0 Å². The van der Waals surface area contributed by atoms with E-state index in [1.807, 2.05) is 38.1 Å². The molecule has 3 aromatic heterocycles. The summed E-state index contributed by atoms with van der Waals surface area (Å²) >= 11 is 1.35. The number of benzene rings is 1. The highest BCUT2D eigenvalue weighted by atomic mass is 32.1. The zero-order valence-corrected chi connectivity index (χ0v) is 14.3. The molecule has 0 spiro atoms. The molecule has 0 amide bonds. The van der Waals surface area contributed by atoms with Crippen molar-refractivity contribution in [3.05, 3.63) is 58.3 Å². The molecule has 0 fully saturated rings. The Morgan fingerprint density at radius 1 is 1.12 bits per heavy atom. The molecular weight excluding hydrogens is 322 g/mol. The number of aryl methyl sites for hydroxylation is 2. The number of hydrogen-bond acceptors (Lipinski definition) is 5. The molecule has 1 aromatic carbocycles. The third-order valence-corrected chi connectivity index (χ3v) is 5.11. The van der Waals surface area contributed by atoms with Crippen molar-refractivity contribution in [3.8, 4) is 11.4 Å². The zero-order chi connectivity index (χ0) is 16.8. The van der Waals surface area contributed by atoms with E-state index in [4.69, 9.17) is 4.74 Å². The SMILES string of the molecule is COc1ccnc2sc3c(=O)n(-c4ccc(C)cc4)c(C)nc3c12. The minimum absolute atomic E-state index is 0.0774. The minimum atomic E-state index is -0.0774. The van der Waals surface area contributed by atoms with Gasteiger partial charge in [0.15, 0.2) is 0 Å². The maximum atomic E-state index is 13.1. The third kappa shape index (κ3) is 2.11. The fourth-order valence-corrected chi connectivity index (χ4v) is 3.89. The topological polar surface area (TPSA) is 57.0 Å². The lowest BCUT2D eigenvalue weighted by Crippen LogP contribution is -2.21. The first-order chi connectivity index (χ1) is 11.6. The van der Waals surface area contributed by atoms with Crippen LogP contribution in [0.25, 0.3) is 26.1 Å². The Morgan fingerprint density at radius 2 is 1.88 bits per heavy atom. The van der Waals surface area contributed by atoms with Gasteiger partial charge in [-0.15, -0.1) is 11.3 Å². The second-order valence-electron chi connectivity index (χ2n) is 5.61. The van der Waals surface area contributed by atoms with E-state index in [9.17, 15) is 4.79 Å². The van der Waals surface area contributed by atoms with Crippen LogP contribution in [0.4, 0.5) is 0 Å². The fraction of sp³-hybridized carbons (Fsp3) is 0.167. The summed E-state index contributed by atoms with van der Waals surface area (Å²) in [5.41, 5.74) is 2.54.